The quantitative estimate of drug-likeness (QED) is 0.857. The zero-order valence-corrected chi connectivity index (χ0v) is 12.0. The molecule has 0 aromatic heterocycles. The van der Waals surface area contributed by atoms with E-state index in [1.165, 1.54) is 13.2 Å². The molecule has 5 nitrogen and oxygen atoms in total. The van der Waals surface area contributed by atoms with Crippen LogP contribution in [0.3, 0.4) is 0 Å². The number of methoxy groups -OCH3 is 1. The molecule has 0 spiro atoms. The number of hydrogen-bond donors (Lipinski definition) is 2. The van der Waals surface area contributed by atoms with E-state index >= 15 is 0 Å². The van der Waals surface area contributed by atoms with Gasteiger partial charge in [-0.05, 0) is 24.1 Å². The van der Waals surface area contributed by atoms with Crippen molar-refractivity contribution < 1.29 is 24.5 Å². The van der Waals surface area contributed by atoms with Crippen LogP contribution in [0.4, 0.5) is 0 Å². The van der Waals surface area contributed by atoms with Gasteiger partial charge >= 0.3 is 11.9 Å². The fraction of sp³-hybridized carbons (Fsp3) is 0.176. The first-order valence-corrected chi connectivity index (χ1v) is 6.71. The summed E-state index contributed by atoms with van der Waals surface area (Å²) in [5.41, 5.74) is 1.12. The highest BCUT2D eigenvalue weighted by Gasteiger charge is 2.25. The third kappa shape index (κ3) is 3.25. The lowest BCUT2D eigenvalue weighted by atomic mass is 9.89. The fourth-order valence-corrected chi connectivity index (χ4v) is 2.41. The molecule has 0 bridgehead atoms. The van der Waals surface area contributed by atoms with Gasteiger partial charge in [0.2, 0.25) is 0 Å². The van der Waals surface area contributed by atoms with Crippen molar-refractivity contribution in [2.75, 3.05) is 7.11 Å². The van der Waals surface area contributed by atoms with Crippen LogP contribution in [0.1, 0.15) is 27.4 Å². The van der Waals surface area contributed by atoms with Crippen molar-refractivity contribution in [1.29, 1.82) is 0 Å². The molecule has 2 aromatic rings. The monoisotopic (exact) mass is 300 g/mol. The zero-order chi connectivity index (χ0) is 16.1. The van der Waals surface area contributed by atoms with Gasteiger partial charge in [-0.2, -0.15) is 0 Å². The van der Waals surface area contributed by atoms with E-state index in [9.17, 15) is 19.8 Å². The van der Waals surface area contributed by atoms with Gasteiger partial charge in [0.25, 0.3) is 0 Å². The number of carboxylic acids is 2. The molecular formula is C17H16O5. The van der Waals surface area contributed by atoms with Crippen LogP contribution in [-0.2, 0) is 11.2 Å². The molecule has 2 rings (SSSR count). The second-order valence-electron chi connectivity index (χ2n) is 4.80. The molecular weight excluding hydrogens is 284 g/mol. The highest BCUT2D eigenvalue weighted by molar-refractivity contribution is 5.89. The molecule has 0 fully saturated rings. The summed E-state index contributed by atoms with van der Waals surface area (Å²) in [5.74, 6) is -2.50. The van der Waals surface area contributed by atoms with Crippen LogP contribution in [0.15, 0.2) is 48.5 Å². The van der Waals surface area contributed by atoms with Crippen molar-refractivity contribution in [3.8, 4) is 5.75 Å². The molecule has 0 aliphatic rings. The van der Waals surface area contributed by atoms with Gasteiger partial charge in [0.1, 0.15) is 5.75 Å². The van der Waals surface area contributed by atoms with Gasteiger partial charge in [0.05, 0.1) is 18.6 Å². The van der Waals surface area contributed by atoms with Crippen LogP contribution in [-0.4, -0.2) is 29.3 Å². The third-order valence-electron chi connectivity index (χ3n) is 3.48. The minimum Gasteiger partial charge on any atom is -0.496 e. The topological polar surface area (TPSA) is 83.8 Å². The maximum atomic E-state index is 11.7. The van der Waals surface area contributed by atoms with Crippen molar-refractivity contribution in [1.82, 2.24) is 0 Å². The summed E-state index contributed by atoms with van der Waals surface area (Å²) in [6.07, 6.45) is 0.0815. The Balaban J connectivity index is 2.43. The van der Waals surface area contributed by atoms with Gasteiger partial charge in [-0.25, -0.2) is 4.79 Å². The summed E-state index contributed by atoms with van der Waals surface area (Å²) >= 11 is 0. The van der Waals surface area contributed by atoms with E-state index in [0.29, 0.717) is 16.9 Å². The number of hydrogen-bond acceptors (Lipinski definition) is 3. The van der Waals surface area contributed by atoms with E-state index < -0.39 is 17.9 Å². The molecule has 0 saturated carbocycles. The molecule has 2 N–H and O–H groups in total. The van der Waals surface area contributed by atoms with Gasteiger partial charge < -0.3 is 14.9 Å². The summed E-state index contributed by atoms with van der Waals surface area (Å²) in [6, 6.07) is 13.3. The van der Waals surface area contributed by atoms with E-state index in [2.05, 4.69) is 0 Å². The molecule has 0 radical (unpaired) electrons. The largest absolute Gasteiger partial charge is 0.496 e. The maximum absolute atomic E-state index is 11.7. The number of ether oxygens (including phenoxy) is 1. The minimum atomic E-state index is -1.07. The minimum absolute atomic E-state index is 0.0815. The molecule has 0 aliphatic carbocycles. The van der Waals surface area contributed by atoms with Crippen LogP contribution in [0.5, 0.6) is 5.75 Å². The second kappa shape index (κ2) is 6.76. The van der Waals surface area contributed by atoms with Gasteiger partial charge in [0.15, 0.2) is 0 Å². The highest BCUT2D eigenvalue weighted by atomic mass is 16.5. The SMILES string of the molecule is COc1ccccc1C(Cc1ccccc1C(=O)O)C(=O)O. The van der Waals surface area contributed by atoms with Gasteiger partial charge in [-0.15, -0.1) is 0 Å². The van der Waals surface area contributed by atoms with Gasteiger partial charge in [-0.1, -0.05) is 36.4 Å². The number of carbonyl (C=O) groups is 2. The lowest BCUT2D eigenvalue weighted by Gasteiger charge is -2.17. The van der Waals surface area contributed by atoms with Crippen LogP contribution in [0, 0.1) is 0 Å². The predicted molar refractivity (Wildman–Crippen MR) is 80.5 cm³/mol. The molecule has 2 aromatic carbocycles. The summed E-state index contributed by atoms with van der Waals surface area (Å²) < 4.78 is 5.21. The average Bonchev–Trinajstić information content (AvgIpc) is 2.52. The Bertz CT molecular complexity index is 693. The Morgan fingerprint density at radius 3 is 2.32 bits per heavy atom. The number of aromatic carboxylic acids is 1. The molecule has 0 aliphatic heterocycles. The zero-order valence-electron chi connectivity index (χ0n) is 12.0. The molecule has 22 heavy (non-hydrogen) atoms. The van der Waals surface area contributed by atoms with E-state index in [4.69, 9.17) is 4.74 Å². The molecule has 0 amide bonds. The van der Waals surface area contributed by atoms with Gasteiger partial charge in [-0.3, -0.25) is 4.79 Å². The predicted octanol–water partition coefficient (Wildman–Crippen LogP) is 2.80. The number of rotatable bonds is 6. The third-order valence-corrected chi connectivity index (χ3v) is 3.48. The van der Waals surface area contributed by atoms with Crippen LogP contribution in [0.25, 0.3) is 0 Å². The van der Waals surface area contributed by atoms with Crippen LogP contribution >= 0.6 is 0 Å². The number of aliphatic carboxylic acids is 1. The normalized spacial score (nSPS) is 11.7. The first kappa shape index (κ1) is 15.6. The molecule has 114 valence electrons. The Kier molecular flexibility index (Phi) is 4.78. The summed E-state index contributed by atoms with van der Waals surface area (Å²) in [5, 5.41) is 18.8. The summed E-state index contributed by atoms with van der Waals surface area (Å²) in [6.45, 7) is 0. The smallest absolute Gasteiger partial charge is 0.335 e. The maximum Gasteiger partial charge on any atom is 0.335 e. The second-order valence-corrected chi connectivity index (χ2v) is 4.80. The van der Waals surface area contributed by atoms with Crippen molar-refractivity contribution in [3.05, 3.63) is 65.2 Å². The first-order valence-electron chi connectivity index (χ1n) is 6.71. The summed E-state index contributed by atoms with van der Waals surface area (Å²) in [4.78, 5) is 22.9. The lowest BCUT2D eigenvalue weighted by molar-refractivity contribution is -0.138. The Morgan fingerprint density at radius 2 is 1.68 bits per heavy atom. The van der Waals surface area contributed by atoms with Crippen LogP contribution in [0.2, 0.25) is 0 Å². The standard InChI is InChI=1S/C17H16O5/c1-22-15-9-5-4-8-13(15)14(17(20)21)10-11-6-2-3-7-12(11)16(18)19/h2-9,14H,10H2,1H3,(H,18,19)(H,20,21). The van der Waals surface area contributed by atoms with E-state index in [-0.39, 0.29) is 12.0 Å². The van der Waals surface area contributed by atoms with Crippen molar-refractivity contribution in [3.63, 3.8) is 0 Å². The lowest BCUT2D eigenvalue weighted by Crippen LogP contribution is -2.17. The van der Waals surface area contributed by atoms with Crippen LogP contribution < -0.4 is 4.74 Å². The van der Waals surface area contributed by atoms with Crippen molar-refractivity contribution in [2.24, 2.45) is 0 Å². The van der Waals surface area contributed by atoms with Crippen molar-refractivity contribution in [2.45, 2.75) is 12.3 Å². The Labute approximate surface area is 127 Å². The fourth-order valence-electron chi connectivity index (χ4n) is 2.41. The van der Waals surface area contributed by atoms with Crippen molar-refractivity contribution >= 4 is 11.9 Å². The summed E-state index contributed by atoms with van der Waals surface area (Å²) in [7, 11) is 1.48. The molecule has 5 heteroatoms. The van der Waals surface area contributed by atoms with Gasteiger partial charge in [0, 0.05) is 5.56 Å². The Morgan fingerprint density at radius 1 is 1.05 bits per heavy atom. The molecule has 0 heterocycles. The van der Waals surface area contributed by atoms with E-state index in [0.717, 1.165) is 0 Å². The molecule has 1 unspecified atom stereocenters. The number of carboxylic acid groups (broad SMARTS) is 2. The molecule has 0 saturated heterocycles. The number of para-hydroxylation sites is 1. The van der Waals surface area contributed by atoms with E-state index in [1.54, 1.807) is 42.5 Å². The Hall–Kier alpha value is -2.82. The average molecular weight is 300 g/mol. The van der Waals surface area contributed by atoms with E-state index in [1.807, 2.05) is 0 Å². The molecule has 1 atom stereocenters. The number of benzene rings is 2. The first-order chi connectivity index (χ1) is 10.5. The highest BCUT2D eigenvalue weighted by Crippen LogP contribution is 2.30.